The highest BCUT2D eigenvalue weighted by molar-refractivity contribution is 7.03. The number of halogens is 2. The Morgan fingerprint density at radius 3 is 2.53 bits per heavy atom. The number of nitrogens with one attached hydrogen (secondary N) is 1. The van der Waals surface area contributed by atoms with Gasteiger partial charge in [-0.15, -0.1) is 5.10 Å². The van der Waals surface area contributed by atoms with Gasteiger partial charge in [-0.05, 0) is 23.7 Å². The van der Waals surface area contributed by atoms with E-state index in [1.165, 1.54) is 17.5 Å². The van der Waals surface area contributed by atoms with Gasteiger partial charge in [0.2, 0.25) is 0 Å². The third kappa shape index (κ3) is 2.83. The van der Waals surface area contributed by atoms with E-state index < -0.39 is 11.9 Å². The van der Waals surface area contributed by atoms with Crippen molar-refractivity contribution < 1.29 is 14.7 Å². The summed E-state index contributed by atoms with van der Waals surface area (Å²) >= 11 is 12.7. The van der Waals surface area contributed by atoms with Crippen LogP contribution in [0.5, 0.6) is 0 Å². The van der Waals surface area contributed by atoms with E-state index in [0.717, 1.165) is 11.5 Å². The molecule has 1 aromatic carbocycles. The molecule has 2 aromatic rings. The Hall–Kier alpha value is -1.70. The Morgan fingerprint density at radius 2 is 1.95 bits per heavy atom. The molecule has 0 saturated heterocycles. The number of aromatic nitrogens is 2. The largest absolute Gasteiger partial charge is 0.478 e. The summed E-state index contributed by atoms with van der Waals surface area (Å²) in [5.41, 5.74) is -0.275. The molecule has 0 unspecified atom stereocenters. The average Bonchev–Trinajstić information content (AvgIpc) is 2.87. The van der Waals surface area contributed by atoms with Crippen LogP contribution in [-0.4, -0.2) is 26.6 Å². The molecular formula is C10H5Cl2N3O3S. The number of carboxylic acids is 1. The van der Waals surface area contributed by atoms with Crippen LogP contribution in [0.4, 0.5) is 5.69 Å². The molecule has 9 heteroatoms. The van der Waals surface area contributed by atoms with Crippen molar-refractivity contribution in [3.8, 4) is 0 Å². The van der Waals surface area contributed by atoms with Crippen molar-refractivity contribution in [2.75, 3.05) is 5.32 Å². The molecule has 98 valence electrons. The van der Waals surface area contributed by atoms with Crippen LogP contribution in [0.25, 0.3) is 0 Å². The van der Waals surface area contributed by atoms with Gasteiger partial charge in [0.15, 0.2) is 5.69 Å². The number of rotatable bonds is 3. The molecule has 1 aromatic heterocycles. The SMILES string of the molecule is O=C(Nc1c(Cl)ccc(Cl)c1C(=O)O)c1csnn1. The van der Waals surface area contributed by atoms with E-state index in [1.807, 2.05) is 0 Å². The number of anilines is 1. The fraction of sp³-hybridized carbons (Fsp3) is 0. The van der Waals surface area contributed by atoms with E-state index in [4.69, 9.17) is 28.3 Å². The third-order valence-electron chi connectivity index (χ3n) is 2.15. The number of hydrogen-bond acceptors (Lipinski definition) is 5. The van der Waals surface area contributed by atoms with Gasteiger partial charge in [-0.1, -0.05) is 27.7 Å². The van der Waals surface area contributed by atoms with Crippen LogP contribution >= 0.6 is 34.7 Å². The Labute approximate surface area is 121 Å². The van der Waals surface area contributed by atoms with Crippen molar-refractivity contribution in [1.29, 1.82) is 0 Å². The predicted octanol–water partition coefficient (Wildman–Crippen LogP) is 2.80. The Kier molecular flexibility index (Phi) is 3.98. The summed E-state index contributed by atoms with van der Waals surface area (Å²) in [6.07, 6.45) is 0. The molecule has 2 rings (SSSR count). The zero-order valence-corrected chi connectivity index (χ0v) is 11.4. The first-order valence-corrected chi connectivity index (χ1v) is 6.39. The molecule has 0 atom stereocenters. The Balaban J connectivity index is 2.42. The first-order valence-electron chi connectivity index (χ1n) is 4.80. The van der Waals surface area contributed by atoms with Crippen LogP contribution in [0.3, 0.4) is 0 Å². The highest BCUT2D eigenvalue weighted by atomic mass is 35.5. The van der Waals surface area contributed by atoms with Crippen LogP contribution in [0.2, 0.25) is 10.0 Å². The molecule has 0 spiro atoms. The lowest BCUT2D eigenvalue weighted by molar-refractivity contribution is 0.0698. The molecule has 0 fully saturated rings. The molecular weight excluding hydrogens is 313 g/mol. The fourth-order valence-corrected chi connectivity index (χ4v) is 2.20. The first-order chi connectivity index (χ1) is 9.00. The summed E-state index contributed by atoms with van der Waals surface area (Å²) in [7, 11) is 0. The standard InChI is InChI=1S/C10H5Cl2N3O3S/c11-4-1-2-5(12)8(7(4)10(17)18)13-9(16)6-3-19-15-14-6/h1-3H,(H,13,16)(H,17,18). The number of benzene rings is 1. The lowest BCUT2D eigenvalue weighted by Gasteiger charge is -2.10. The van der Waals surface area contributed by atoms with Gasteiger partial charge >= 0.3 is 5.97 Å². The monoisotopic (exact) mass is 317 g/mol. The van der Waals surface area contributed by atoms with Crippen molar-refractivity contribution in [3.05, 3.63) is 38.8 Å². The minimum atomic E-state index is -1.29. The van der Waals surface area contributed by atoms with E-state index in [1.54, 1.807) is 0 Å². The second-order valence-electron chi connectivity index (χ2n) is 3.33. The van der Waals surface area contributed by atoms with Gasteiger partial charge in [0.1, 0.15) is 5.56 Å². The predicted molar refractivity (Wildman–Crippen MR) is 71.3 cm³/mol. The number of carboxylic acid groups (broad SMARTS) is 1. The van der Waals surface area contributed by atoms with Crippen molar-refractivity contribution in [1.82, 2.24) is 9.59 Å². The average molecular weight is 318 g/mol. The molecule has 0 bridgehead atoms. The summed E-state index contributed by atoms with van der Waals surface area (Å²) in [5, 5.41) is 16.5. The lowest BCUT2D eigenvalue weighted by Crippen LogP contribution is -2.16. The third-order valence-corrected chi connectivity index (χ3v) is 3.28. The van der Waals surface area contributed by atoms with E-state index >= 15 is 0 Å². The second-order valence-corrected chi connectivity index (χ2v) is 4.75. The normalized spacial score (nSPS) is 10.2. The quantitative estimate of drug-likeness (QED) is 0.908. The highest BCUT2D eigenvalue weighted by Crippen LogP contribution is 2.32. The van der Waals surface area contributed by atoms with Crippen LogP contribution in [0.15, 0.2) is 17.5 Å². The number of nitrogens with zero attached hydrogens (tertiary/aromatic N) is 2. The van der Waals surface area contributed by atoms with Gasteiger partial charge in [0.25, 0.3) is 5.91 Å². The Morgan fingerprint density at radius 1 is 1.26 bits per heavy atom. The van der Waals surface area contributed by atoms with Crippen LogP contribution in [0, 0.1) is 0 Å². The summed E-state index contributed by atoms with van der Waals surface area (Å²) < 4.78 is 3.54. The number of amides is 1. The molecule has 6 nitrogen and oxygen atoms in total. The number of aromatic carboxylic acids is 1. The first kappa shape index (κ1) is 13.7. The van der Waals surface area contributed by atoms with Crippen molar-refractivity contribution in [3.63, 3.8) is 0 Å². The molecule has 0 radical (unpaired) electrons. The fourth-order valence-electron chi connectivity index (χ4n) is 1.32. The lowest BCUT2D eigenvalue weighted by atomic mass is 10.1. The summed E-state index contributed by atoms with van der Waals surface area (Å²) in [6, 6.07) is 2.73. The van der Waals surface area contributed by atoms with Gasteiger partial charge in [-0.3, -0.25) is 4.79 Å². The van der Waals surface area contributed by atoms with Gasteiger partial charge in [-0.2, -0.15) is 0 Å². The van der Waals surface area contributed by atoms with Gasteiger partial charge in [-0.25, -0.2) is 4.79 Å². The van der Waals surface area contributed by atoms with E-state index in [0.29, 0.717) is 0 Å². The zero-order valence-electron chi connectivity index (χ0n) is 9.05. The molecule has 2 N–H and O–H groups in total. The van der Waals surface area contributed by atoms with Crippen LogP contribution in [-0.2, 0) is 0 Å². The number of hydrogen-bond donors (Lipinski definition) is 2. The van der Waals surface area contributed by atoms with Gasteiger partial charge < -0.3 is 10.4 Å². The van der Waals surface area contributed by atoms with Crippen LogP contribution in [0.1, 0.15) is 20.8 Å². The smallest absolute Gasteiger partial charge is 0.339 e. The van der Waals surface area contributed by atoms with Gasteiger partial charge in [0.05, 0.1) is 15.7 Å². The number of carbonyl (C=O) groups is 2. The number of carbonyl (C=O) groups excluding carboxylic acids is 1. The molecule has 1 amide bonds. The summed E-state index contributed by atoms with van der Waals surface area (Å²) in [5.74, 6) is -1.90. The topological polar surface area (TPSA) is 92.2 Å². The molecule has 0 aliphatic carbocycles. The molecule has 1 heterocycles. The Bertz CT molecular complexity index is 646. The molecule has 19 heavy (non-hydrogen) atoms. The molecule has 0 aliphatic rings. The van der Waals surface area contributed by atoms with Crippen molar-refractivity contribution in [2.45, 2.75) is 0 Å². The van der Waals surface area contributed by atoms with Crippen LogP contribution < -0.4 is 5.32 Å². The molecule has 0 aliphatic heterocycles. The van der Waals surface area contributed by atoms with E-state index in [9.17, 15) is 9.59 Å². The van der Waals surface area contributed by atoms with Crippen molar-refractivity contribution in [2.24, 2.45) is 0 Å². The summed E-state index contributed by atoms with van der Waals surface area (Å²) in [4.78, 5) is 23.0. The van der Waals surface area contributed by atoms with Gasteiger partial charge in [0, 0.05) is 5.38 Å². The molecule has 0 saturated carbocycles. The maximum Gasteiger partial charge on any atom is 0.339 e. The van der Waals surface area contributed by atoms with Crippen molar-refractivity contribution >= 4 is 52.3 Å². The second kappa shape index (κ2) is 5.52. The maximum atomic E-state index is 11.8. The van der Waals surface area contributed by atoms with E-state index in [-0.39, 0.29) is 27.0 Å². The van der Waals surface area contributed by atoms with E-state index in [2.05, 4.69) is 14.9 Å². The zero-order chi connectivity index (χ0) is 14.0. The minimum absolute atomic E-state index is 0.0244. The highest BCUT2D eigenvalue weighted by Gasteiger charge is 2.20. The summed E-state index contributed by atoms with van der Waals surface area (Å²) in [6.45, 7) is 0. The minimum Gasteiger partial charge on any atom is -0.478 e. The maximum absolute atomic E-state index is 11.8.